The van der Waals surface area contributed by atoms with Gasteiger partial charge >= 0.3 is 5.97 Å². The van der Waals surface area contributed by atoms with Crippen molar-refractivity contribution >= 4 is 27.6 Å². The standard InChI is InChI=1S/C19H20N2O5S/c22-18(20-10-9-14-5-7-15(8-6-14)19(23)24)16-3-1-4-17(13-16)21-11-2-12-27(21,25)26/h1,3-8,13H,2,9-12H2,(H,20,22)(H,23,24). The van der Waals surface area contributed by atoms with E-state index in [1.54, 1.807) is 36.4 Å². The maximum atomic E-state index is 12.3. The van der Waals surface area contributed by atoms with Crippen molar-refractivity contribution in [2.75, 3.05) is 23.1 Å². The molecule has 2 aromatic carbocycles. The van der Waals surface area contributed by atoms with E-state index in [1.807, 2.05) is 0 Å². The van der Waals surface area contributed by atoms with Gasteiger partial charge in [0.15, 0.2) is 0 Å². The van der Waals surface area contributed by atoms with Crippen molar-refractivity contribution in [2.45, 2.75) is 12.8 Å². The van der Waals surface area contributed by atoms with E-state index >= 15 is 0 Å². The molecule has 1 aliphatic heterocycles. The average molecular weight is 388 g/mol. The van der Waals surface area contributed by atoms with Crippen LogP contribution in [0.4, 0.5) is 5.69 Å². The molecule has 1 amide bonds. The van der Waals surface area contributed by atoms with Crippen molar-refractivity contribution in [2.24, 2.45) is 0 Å². The van der Waals surface area contributed by atoms with Crippen molar-refractivity contribution in [3.63, 3.8) is 0 Å². The highest BCUT2D eigenvalue weighted by molar-refractivity contribution is 7.93. The van der Waals surface area contributed by atoms with E-state index in [2.05, 4.69) is 5.32 Å². The molecule has 3 rings (SSSR count). The molecule has 2 N–H and O–H groups in total. The zero-order valence-corrected chi connectivity index (χ0v) is 15.4. The first kappa shape index (κ1) is 18.9. The number of rotatable bonds is 6. The summed E-state index contributed by atoms with van der Waals surface area (Å²) in [6.07, 6.45) is 1.14. The smallest absolute Gasteiger partial charge is 0.335 e. The fourth-order valence-electron chi connectivity index (χ4n) is 2.97. The van der Waals surface area contributed by atoms with E-state index < -0.39 is 16.0 Å². The van der Waals surface area contributed by atoms with Crippen LogP contribution in [0.3, 0.4) is 0 Å². The molecule has 0 spiro atoms. The molecule has 2 aromatic rings. The molecule has 1 aliphatic rings. The molecule has 0 radical (unpaired) electrons. The Bertz CT molecular complexity index is 954. The number of carbonyl (C=O) groups excluding carboxylic acids is 1. The van der Waals surface area contributed by atoms with E-state index in [0.29, 0.717) is 37.2 Å². The highest BCUT2D eigenvalue weighted by Gasteiger charge is 2.28. The Morgan fingerprint density at radius 1 is 1.07 bits per heavy atom. The maximum Gasteiger partial charge on any atom is 0.335 e. The Morgan fingerprint density at radius 3 is 2.44 bits per heavy atom. The van der Waals surface area contributed by atoms with Gasteiger partial charge in [-0.2, -0.15) is 0 Å². The molecule has 142 valence electrons. The molecule has 0 atom stereocenters. The van der Waals surface area contributed by atoms with Crippen LogP contribution in [0.2, 0.25) is 0 Å². The minimum atomic E-state index is -3.29. The fourth-order valence-corrected chi connectivity index (χ4v) is 4.52. The summed E-state index contributed by atoms with van der Waals surface area (Å²) in [4.78, 5) is 23.2. The predicted molar refractivity (Wildman–Crippen MR) is 102 cm³/mol. The zero-order valence-electron chi connectivity index (χ0n) is 14.6. The monoisotopic (exact) mass is 388 g/mol. The number of carbonyl (C=O) groups is 2. The second-order valence-corrected chi connectivity index (χ2v) is 8.31. The van der Waals surface area contributed by atoms with Crippen LogP contribution in [0, 0.1) is 0 Å². The van der Waals surface area contributed by atoms with Crippen LogP contribution < -0.4 is 9.62 Å². The molecule has 1 saturated heterocycles. The lowest BCUT2D eigenvalue weighted by Crippen LogP contribution is -2.27. The van der Waals surface area contributed by atoms with Crippen molar-refractivity contribution in [1.82, 2.24) is 5.32 Å². The summed E-state index contributed by atoms with van der Waals surface area (Å²) in [5, 5.41) is 11.7. The molecule has 0 aromatic heterocycles. The molecule has 1 heterocycles. The minimum Gasteiger partial charge on any atom is -0.478 e. The molecule has 27 heavy (non-hydrogen) atoms. The predicted octanol–water partition coefficient (Wildman–Crippen LogP) is 1.90. The number of nitrogens with zero attached hydrogens (tertiary/aromatic N) is 1. The molecule has 1 fully saturated rings. The first-order valence-electron chi connectivity index (χ1n) is 8.58. The van der Waals surface area contributed by atoms with Crippen molar-refractivity contribution in [3.8, 4) is 0 Å². The van der Waals surface area contributed by atoms with E-state index in [0.717, 1.165) is 5.56 Å². The van der Waals surface area contributed by atoms with Crippen molar-refractivity contribution in [3.05, 3.63) is 65.2 Å². The number of sulfonamides is 1. The Balaban J connectivity index is 1.60. The van der Waals surface area contributed by atoms with Crippen LogP contribution in [0.15, 0.2) is 48.5 Å². The van der Waals surface area contributed by atoms with Gasteiger partial charge in [-0.15, -0.1) is 0 Å². The molecule has 8 heteroatoms. The number of aromatic carboxylic acids is 1. The molecule has 7 nitrogen and oxygen atoms in total. The third kappa shape index (κ3) is 4.46. The molecular weight excluding hydrogens is 368 g/mol. The highest BCUT2D eigenvalue weighted by atomic mass is 32.2. The summed E-state index contributed by atoms with van der Waals surface area (Å²) in [6, 6.07) is 13.1. The SMILES string of the molecule is O=C(O)c1ccc(CCNC(=O)c2cccc(N3CCCS3(=O)=O)c2)cc1. The van der Waals surface area contributed by atoms with Crippen LogP contribution in [0.25, 0.3) is 0 Å². The van der Waals surface area contributed by atoms with Gasteiger partial charge in [-0.1, -0.05) is 18.2 Å². The summed E-state index contributed by atoms with van der Waals surface area (Å²) in [5.41, 5.74) is 2.04. The third-order valence-corrected chi connectivity index (χ3v) is 6.27. The molecule has 0 unspecified atom stereocenters. The van der Waals surface area contributed by atoms with Gasteiger partial charge in [0.1, 0.15) is 0 Å². The first-order valence-corrected chi connectivity index (χ1v) is 10.2. The van der Waals surface area contributed by atoms with Gasteiger partial charge in [-0.25, -0.2) is 13.2 Å². The normalized spacial score (nSPS) is 15.5. The number of anilines is 1. The average Bonchev–Trinajstić information content (AvgIpc) is 3.01. The third-order valence-electron chi connectivity index (χ3n) is 4.40. The molecular formula is C19H20N2O5S. The zero-order chi connectivity index (χ0) is 19.4. The molecule has 0 saturated carbocycles. The summed E-state index contributed by atoms with van der Waals surface area (Å²) in [7, 11) is -3.29. The molecule has 0 bridgehead atoms. The van der Waals surface area contributed by atoms with Gasteiger partial charge in [0.2, 0.25) is 10.0 Å². The fraction of sp³-hybridized carbons (Fsp3) is 0.263. The minimum absolute atomic E-state index is 0.129. The van der Waals surface area contributed by atoms with Crippen LogP contribution >= 0.6 is 0 Å². The van der Waals surface area contributed by atoms with E-state index in [-0.39, 0.29) is 17.2 Å². The topological polar surface area (TPSA) is 104 Å². The van der Waals surface area contributed by atoms with Gasteiger partial charge in [-0.3, -0.25) is 9.10 Å². The van der Waals surface area contributed by atoms with Crippen LogP contribution in [0.1, 0.15) is 32.7 Å². The van der Waals surface area contributed by atoms with E-state index in [9.17, 15) is 18.0 Å². The van der Waals surface area contributed by atoms with Gasteiger partial charge in [0, 0.05) is 18.7 Å². The van der Waals surface area contributed by atoms with Gasteiger partial charge in [0.25, 0.3) is 5.91 Å². The lowest BCUT2D eigenvalue weighted by Gasteiger charge is -2.17. The number of amides is 1. The van der Waals surface area contributed by atoms with Crippen LogP contribution in [0.5, 0.6) is 0 Å². The van der Waals surface area contributed by atoms with Crippen molar-refractivity contribution in [1.29, 1.82) is 0 Å². The Labute approximate surface area is 157 Å². The summed E-state index contributed by atoms with van der Waals surface area (Å²) in [5.74, 6) is -1.13. The van der Waals surface area contributed by atoms with E-state index in [4.69, 9.17) is 5.11 Å². The summed E-state index contributed by atoms with van der Waals surface area (Å²) in [6.45, 7) is 0.817. The first-order chi connectivity index (χ1) is 12.9. The Hall–Kier alpha value is -2.87. The number of benzene rings is 2. The summed E-state index contributed by atoms with van der Waals surface area (Å²) >= 11 is 0. The van der Waals surface area contributed by atoms with Crippen LogP contribution in [-0.2, 0) is 16.4 Å². The number of nitrogens with one attached hydrogen (secondary N) is 1. The number of carboxylic acids is 1. The lowest BCUT2D eigenvalue weighted by molar-refractivity contribution is 0.0696. The number of carboxylic acid groups (broad SMARTS) is 1. The van der Waals surface area contributed by atoms with Crippen molar-refractivity contribution < 1.29 is 23.1 Å². The quantitative estimate of drug-likeness (QED) is 0.787. The summed E-state index contributed by atoms with van der Waals surface area (Å²) < 4.78 is 25.4. The van der Waals surface area contributed by atoms with Gasteiger partial charge in [0.05, 0.1) is 17.0 Å². The van der Waals surface area contributed by atoms with Gasteiger partial charge < -0.3 is 10.4 Å². The lowest BCUT2D eigenvalue weighted by atomic mass is 10.1. The van der Waals surface area contributed by atoms with Gasteiger partial charge in [-0.05, 0) is 48.7 Å². The van der Waals surface area contributed by atoms with E-state index in [1.165, 1.54) is 16.4 Å². The largest absolute Gasteiger partial charge is 0.478 e. The molecule has 0 aliphatic carbocycles. The maximum absolute atomic E-state index is 12.3. The second kappa shape index (κ2) is 7.79. The Kier molecular flexibility index (Phi) is 5.46. The second-order valence-electron chi connectivity index (χ2n) is 6.30. The Morgan fingerprint density at radius 2 is 1.81 bits per heavy atom. The number of hydrogen-bond donors (Lipinski definition) is 2. The van der Waals surface area contributed by atoms with Crippen LogP contribution in [-0.4, -0.2) is 44.2 Å². The highest BCUT2D eigenvalue weighted by Crippen LogP contribution is 2.24. The number of hydrogen-bond acceptors (Lipinski definition) is 4.